The van der Waals surface area contributed by atoms with Gasteiger partial charge in [0, 0.05) is 25.9 Å². The van der Waals surface area contributed by atoms with Crippen molar-refractivity contribution in [2.75, 3.05) is 59.1 Å². The number of hydrogen-bond acceptors (Lipinski definition) is 9. The zero-order chi connectivity index (χ0) is 49.1. The number of nitrogens with zero attached hydrogens (tertiary/aromatic N) is 2. The number of rotatable bonds is 52. The van der Waals surface area contributed by atoms with E-state index in [-0.39, 0.29) is 24.6 Å². The Bertz CT molecular complexity index is 1100. The van der Waals surface area contributed by atoms with Crippen LogP contribution in [0.5, 0.6) is 0 Å². The molecule has 0 aromatic heterocycles. The van der Waals surface area contributed by atoms with Gasteiger partial charge in [0.1, 0.15) is 19.3 Å². The Morgan fingerprint density at radius 2 is 0.821 bits per heavy atom. The first-order valence-corrected chi connectivity index (χ1v) is 29.1. The molecule has 0 aliphatic rings. The molecule has 2 unspecified atom stereocenters. The summed E-state index contributed by atoms with van der Waals surface area (Å²) in [6.07, 6.45) is 44.5. The van der Waals surface area contributed by atoms with Crippen LogP contribution < -0.4 is 0 Å². The van der Waals surface area contributed by atoms with Gasteiger partial charge in [-0.15, -0.1) is 0 Å². The molecule has 0 saturated carbocycles. The van der Waals surface area contributed by atoms with Crippen LogP contribution >= 0.6 is 0 Å². The smallest absolute Gasteiger partial charge is 0.465 e. The molecule has 0 aromatic rings. The number of allylic oxidation sites excluding steroid dienone is 2. The van der Waals surface area contributed by atoms with E-state index >= 15 is 0 Å². The van der Waals surface area contributed by atoms with Gasteiger partial charge in [-0.25, -0.2) is 4.79 Å². The molecule has 0 bridgehead atoms. The van der Waals surface area contributed by atoms with E-state index in [1.807, 2.05) is 0 Å². The number of unbranched alkanes of at least 4 members (excludes halogenated alkanes) is 23. The maximum atomic E-state index is 13.0. The minimum atomic E-state index is -0.574. The number of hydrogen-bond donors (Lipinski definition) is 0. The Kier molecular flexibility index (Phi) is 50.1. The van der Waals surface area contributed by atoms with Gasteiger partial charge in [-0.1, -0.05) is 189 Å². The summed E-state index contributed by atoms with van der Waals surface area (Å²) in [6, 6.07) is 0. The second kappa shape index (κ2) is 51.7. The molecule has 0 saturated heterocycles. The average Bonchev–Trinajstić information content (AvgIpc) is 3.32. The van der Waals surface area contributed by atoms with E-state index in [0.717, 1.165) is 116 Å². The standard InChI is InChI=1S/C58H112N2O7/c1-7-13-17-20-21-22-23-24-25-26-27-28-29-33-38-45-56(61)64-51-49-60(48-40-47-59(11-5)12-6)50-52-65-58(63)67-55(43-36-19-15-9-3)44-37-32-30-31-34-39-46-57(62)66-53-54(41-16-10-4)42-35-18-14-8-2/h24-25,54-55H,7-23,26-53H2,1-6H3/b25-24-. The van der Waals surface area contributed by atoms with Crippen LogP contribution in [0, 0.1) is 5.92 Å². The van der Waals surface area contributed by atoms with Crippen LogP contribution in [0.25, 0.3) is 0 Å². The van der Waals surface area contributed by atoms with Crippen molar-refractivity contribution in [2.45, 2.75) is 279 Å². The normalized spacial score (nSPS) is 12.6. The van der Waals surface area contributed by atoms with Crippen molar-refractivity contribution in [1.82, 2.24) is 9.80 Å². The first kappa shape index (κ1) is 64.9. The molecule has 396 valence electrons. The summed E-state index contributed by atoms with van der Waals surface area (Å²) in [5, 5.41) is 0. The van der Waals surface area contributed by atoms with Gasteiger partial charge in [0.25, 0.3) is 0 Å². The number of ether oxygens (including phenoxy) is 4. The molecule has 0 aliphatic carbocycles. The number of esters is 2. The predicted molar refractivity (Wildman–Crippen MR) is 284 cm³/mol. The lowest BCUT2D eigenvalue weighted by Crippen LogP contribution is -2.35. The van der Waals surface area contributed by atoms with Crippen LogP contribution in [-0.2, 0) is 28.5 Å². The Balaban J connectivity index is 4.57. The second-order valence-electron chi connectivity index (χ2n) is 19.7. The van der Waals surface area contributed by atoms with E-state index in [4.69, 9.17) is 18.9 Å². The number of carbonyl (C=O) groups excluding carboxylic acids is 3. The van der Waals surface area contributed by atoms with Crippen LogP contribution in [-0.4, -0.2) is 93.1 Å². The second-order valence-corrected chi connectivity index (χ2v) is 19.7. The summed E-state index contributed by atoms with van der Waals surface area (Å²) in [5.74, 6) is 0.363. The van der Waals surface area contributed by atoms with Crippen LogP contribution in [0.15, 0.2) is 12.2 Å². The van der Waals surface area contributed by atoms with Gasteiger partial charge in [0.2, 0.25) is 0 Å². The van der Waals surface area contributed by atoms with Gasteiger partial charge >= 0.3 is 18.1 Å². The van der Waals surface area contributed by atoms with Gasteiger partial charge in [0.15, 0.2) is 0 Å². The lowest BCUT2D eigenvalue weighted by Gasteiger charge is -2.24. The van der Waals surface area contributed by atoms with E-state index in [1.54, 1.807) is 0 Å². The average molecular weight is 950 g/mol. The van der Waals surface area contributed by atoms with Crippen LogP contribution in [0.3, 0.4) is 0 Å². The van der Waals surface area contributed by atoms with Crippen molar-refractivity contribution in [3.8, 4) is 0 Å². The summed E-state index contributed by atoms with van der Waals surface area (Å²) in [7, 11) is 0. The van der Waals surface area contributed by atoms with Crippen molar-refractivity contribution in [3.63, 3.8) is 0 Å². The van der Waals surface area contributed by atoms with Gasteiger partial charge < -0.3 is 23.8 Å². The molecule has 9 heteroatoms. The monoisotopic (exact) mass is 949 g/mol. The van der Waals surface area contributed by atoms with Crippen molar-refractivity contribution >= 4 is 18.1 Å². The van der Waals surface area contributed by atoms with E-state index in [9.17, 15) is 14.4 Å². The molecule has 0 heterocycles. The lowest BCUT2D eigenvalue weighted by molar-refractivity contribution is -0.145. The third-order valence-electron chi connectivity index (χ3n) is 13.5. The summed E-state index contributed by atoms with van der Waals surface area (Å²) in [5.41, 5.74) is 0. The third-order valence-corrected chi connectivity index (χ3v) is 13.5. The highest BCUT2D eigenvalue weighted by Gasteiger charge is 2.17. The SMILES string of the molecule is CCCCCCCC/C=C\CCCCCCCC(=O)OCCN(CCCN(CC)CC)CCOC(=O)OC(CCCCCC)CCCCCCCCC(=O)OCC(CCCC)CCCCCC. The molecule has 0 N–H and O–H groups in total. The van der Waals surface area contributed by atoms with E-state index in [1.165, 1.54) is 128 Å². The molecule has 0 fully saturated rings. The highest BCUT2D eigenvalue weighted by atomic mass is 16.7. The molecule has 0 radical (unpaired) electrons. The first-order valence-electron chi connectivity index (χ1n) is 29.1. The van der Waals surface area contributed by atoms with Crippen LogP contribution in [0.2, 0.25) is 0 Å². The maximum Gasteiger partial charge on any atom is 0.508 e. The zero-order valence-corrected chi connectivity index (χ0v) is 45.4. The van der Waals surface area contributed by atoms with Crippen molar-refractivity contribution in [2.24, 2.45) is 5.92 Å². The molecule has 0 aromatic carbocycles. The fourth-order valence-corrected chi connectivity index (χ4v) is 8.88. The third kappa shape index (κ3) is 46.0. The Hall–Kier alpha value is -2.13. The highest BCUT2D eigenvalue weighted by molar-refractivity contribution is 5.69. The summed E-state index contributed by atoms with van der Waals surface area (Å²) >= 11 is 0. The van der Waals surface area contributed by atoms with Gasteiger partial charge in [-0.2, -0.15) is 0 Å². The Morgan fingerprint density at radius 3 is 1.36 bits per heavy atom. The van der Waals surface area contributed by atoms with Crippen molar-refractivity contribution in [1.29, 1.82) is 0 Å². The maximum absolute atomic E-state index is 13.0. The van der Waals surface area contributed by atoms with E-state index in [0.29, 0.717) is 45.1 Å². The molecule has 0 spiro atoms. The summed E-state index contributed by atoms with van der Waals surface area (Å²) < 4.78 is 23.0. The van der Waals surface area contributed by atoms with Gasteiger partial charge in [-0.05, 0) is 116 Å². The fourth-order valence-electron chi connectivity index (χ4n) is 8.88. The zero-order valence-electron chi connectivity index (χ0n) is 45.4. The fraction of sp³-hybridized carbons (Fsp3) is 0.914. The quantitative estimate of drug-likeness (QED) is 0.0256. The lowest BCUT2D eigenvalue weighted by atomic mass is 9.96. The van der Waals surface area contributed by atoms with Gasteiger partial charge in [0.05, 0.1) is 6.61 Å². The predicted octanol–water partition coefficient (Wildman–Crippen LogP) is 16.5. The highest BCUT2D eigenvalue weighted by Crippen LogP contribution is 2.20. The Morgan fingerprint density at radius 1 is 0.403 bits per heavy atom. The minimum absolute atomic E-state index is 0.0342. The first-order chi connectivity index (χ1) is 32.8. The Labute approximate surface area is 415 Å². The topological polar surface area (TPSA) is 94.6 Å². The summed E-state index contributed by atoms with van der Waals surface area (Å²) in [6.45, 7) is 19.6. The summed E-state index contributed by atoms with van der Waals surface area (Å²) in [4.78, 5) is 42.7. The molecule has 0 amide bonds. The van der Waals surface area contributed by atoms with Crippen molar-refractivity contribution < 1.29 is 33.3 Å². The van der Waals surface area contributed by atoms with Gasteiger partial charge in [-0.3, -0.25) is 14.5 Å². The van der Waals surface area contributed by atoms with E-state index < -0.39 is 6.16 Å². The molecular weight excluding hydrogens is 837 g/mol. The molecular formula is C58H112N2O7. The largest absolute Gasteiger partial charge is 0.508 e. The van der Waals surface area contributed by atoms with Crippen molar-refractivity contribution in [3.05, 3.63) is 12.2 Å². The number of carbonyl (C=O) groups is 3. The molecule has 2 atom stereocenters. The molecule has 0 rings (SSSR count). The molecule has 9 nitrogen and oxygen atoms in total. The minimum Gasteiger partial charge on any atom is -0.465 e. The molecule has 67 heavy (non-hydrogen) atoms. The molecule has 0 aliphatic heterocycles. The van der Waals surface area contributed by atoms with E-state index in [2.05, 4.69) is 63.5 Å². The van der Waals surface area contributed by atoms with Crippen LogP contribution in [0.4, 0.5) is 4.79 Å². The van der Waals surface area contributed by atoms with Crippen LogP contribution in [0.1, 0.15) is 273 Å².